The molecule has 0 saturated heterocycles. The summed E-state index contributed by atoms with van der Waals surface area (Å²) >= 11 is 0. The van der Waals surface area contributed by atoms with Gasteiger partial charge >= 0.3 is 0 Å². The van der Waals surface area contributed by atoms with E-state index in [-0.39, 0.29) is 0 Å². The highest BCUT2D eigenvalue weighted by atomic mass is 16.3. The molecule has 98 valence electrons. The van der Waals surface area contributed by atoms with Crippen LogP contribution in [0.25, 0.3) is 0 Å². The van der Waals surface area contributed by atoms with Gasteiger partial charge in [-0.3, -0.25) is 4.90 Å². The van der Waals surface area contributed by atoms with E-state index in [1.165, 1.54) is 0 Å². The van der Waals surface area contributed by atoms with E-state index in [0.29, 0.717) is 13.1 Å². The van der Waals surface area contributed by atoms with Crippen LogP contribution < -0.4 is 0 Å². The summed E-state index contributed by atoms with van der Waals surface area (Å²) in [7, 11) is 3.96. The smallest absolute Gasteiger partial charge is 0.146 e. The first kappa shape index (κ1) is 14.1. The van der Waals surface area contributed by atoms with E-state index < -0.39 is 5.60 Å². The minimum Gasteiger partial charge on any atom is -0.389 e. The minimum atomic E-state index is -0.595. The molecule has 0 amide bonds. The Labute approximate surface area is 103 Å². The third-order valence-electron chi connectivity index (χ3n) is 3.47. The first-order valence-corrected chi connectivity index (χ1v) is 6.17. The maximum atomic E-state index is 10.3. The van der Waals surface area contributed by atoms with Crippen molar-refractivity contribution >= 4 is 0 Å². The molecule has 0 saturated carbocycles. The van der Waals surface area contributed by atoms with Gasteiger partial charge in [-0.2, -0.15) is 0 Å². The molecule has 0 unspecified atom stereocenters. The lowest BCUT2D eigenvalue weighted by Crippen LogP contribution is -2.40. The molecule has 0 atom stereocenters. The van der Waals surface area contributed by atoms with Crippen LogP contribution in [0, 0.1) is 6.92 Å². The molecule has 0 aliphatic heterocycles. The zero-order chi connectivity index (χ0) is 13.1. The second kappa shape index (κ2) is 5.60. The van der Waals surface area contributed by atoms with Crippen molar-refractivity contribution in [3.05, 3.63) is 11.6 Å². The molecule has 0 aliphatic carbocycles. The number of aliphatic hydroxyl groups is 1. The van der Waals surface area contributed by atoms with Crippen molar-refractivity contribution in [1.82, 2.24) is 19.7 Å². The zero-order valence-electron chi connectivity index (χ0n) is 11.6. The SMILES string of the molecule is CCC(O)(CC)CN(C)Cc1nnc(C)n1C. The molecular formula is C12H24N4O. The van der Waals surface area contributed by atoms with Gasteiger partial charge in [-0.1, -0.05) is 13.8 Å². The van der Waals surface area contributed by atoms with Gasteiger partial charge in [0.25, 0.3) is 0 Å². The molecular weight excluding hydrogens is 216 g/mol. The van der Waals surface area contributed by atoms with Crippen LogP contribution in [0.3, 0.4) is 0 Å². The molecule has 0 spiro atoms. The van der Waals surface area contributed by atoms with E-state index >= 15 is 0 Å². The molecule has 5 heteroatoms. The van der Waals surface area contributed by atoms with Crippen LogP contribution in [0.4, 0.5) is 0 Å². The summed E-state index contributed by atoms with van der Waals surface area (Å²) in [4.78, 5) is 2.09. The zero-order valence-corrected chi connectivity index (χ0v) is 11.6. The van der Waals surface area contributed by atoms with Gasteiger partial charge in [0, 0.05) is 13.6 Å². The number of aryl methyl sites for hydroxylation is 1. The van der Waals surface area contributed by atoms with Gasteiger partial charge in [-0.05, 0) is 26.8 Å². The van der Waals surface area contributed by atoms with Gasteiger partial charge in [0.2, 0.25) is 0 Å². The maximum Gasteiger partial charge on any atom is 0.146 e. The summed E-state index contributed by atoms with van der Waals surface area (Å²) in [6.45, 7) is 7.34. The minimum absolute atomic E-state index is 0.595. The third-order valence-corrected chi connectivity index (χ3v) is 3.47. The van der Waals surface area contributed by atoms with E-state index in [2.05, 4.69) is 15.1 Å². The highest BCUT2D eigenvalue weighted by molar-refractivity contribution is 4.92. The number of rotatable bonds is 6. The lowest BCUT2D eigenvalue weighted by Gasteiger charge is -2.30. The maximum absolute atomic E-state index is 10.3. The molecule has 1 aromatic heterocycles. The molecule has 1 heterocycles. The van der Waals surface area contributed by atoms with E-state index in [9.17, 15) is 5.11 Å². The van der Waals surface area contributed by atoms with Crippen molar-refractivity contribution in [2.75, 3.05) is 13.6 Å². The molecule has 1 aromatic rings. The first-order chi connectivity index (χ1) is 7.91. The van der Waals surface area contributed by atoms with Crippen molar-refractivity contribution in [1.29, 1.82) is 0 Å². The second-order valence-corrected chi connectivity index (χ2v) is 4.83. The Hall–Kier alpha value is -0.940. The summed E-state index contributed by atoms with van der Waals surface area (Å²) in [5.74, 6) is 1.84. The molecule has 0 aromatic carbocycles. The molecule has 0 fully saturated rings. The Morgan fingerprint density at radius 3 is 2.29 bits per heavy atom. The monoisotopic (exact) mass is 240 g/mol. The molecule has 0 bridgehead atoms. The third kappa shape index (κ3) is 3.51. The van der Waals surface area contributed by atoms with Crippen LogP contribution in [0.2, 0.25) is 0 Å². The van der Waals surface area contributed by atoms with Crippen molar-refractivity contribution in [3.8, 4) is 0 Å². The van der Waals surface area contributed by atoms with Crippen LogP contribution in [-0.4, -0.2) is 44.0 Å². The number of likely N-dealkylation sites (N-methyl/N-ethyl adjacent to an activating group) is 1. The summed E-state index contributed by atoms with van der Waals surface area (Å²) in [5, 5.41) is 18.4. The van der Waals surface area contributed by atoms with E-state index in [0.717, 1.165) is 24.5 Å². The Bertz CT molecular complexity index is 357. The number of hydrogen-bond donors (Lipinski definition) is 1. The van der Waals surface area contributed by atoms with Gasteiger partial charge in [0.15, 0.2) is 0 Å². The summed E-state index contributed by atoms with van der Waals surface area (Å²) in [6.07, 6.45) is 1.54. The summed E-state index contributed by atoms with van der Waals surface area (Å²) < 4.78 is 1.98. The van der Waals surface area contributed by atoms with Crippen LogP contribution >= 0.6 is 0 Å². The number of nitrogens with zero attached hydrogens (tertiary/aromatic N) is 4. The number of aromatic nitrogens is 3. The fourth-order valence-corrected chi connectivity index (χ4v) is 1.86. The molecule has 17 heavy (non-hydrogen) atoms. The standard InChI is InChI=1S/C12H24N4O/c1-6-12(17,7-2)9-15(4)8-11-14-13-10(3)16(11)5/h17H,6-9H2,1-5H3. The van der Waals surface area contributed by atoms with Crippen LogP contribution in [-0.2, 0) is 13.6 Å². The molecule has 1 rings (SSSR count). The quantitative estimate of drug-likeness (QED) is 0.809. The highest BCUT2D eigenvalue weighted by Crippen LogP contribution is 2.16. The molecule has 5 nitrogen and oxygen atoms in total. The Balaban J connectivity index is 2.61. The Morgan fingerprint density at radius 2 is 1.88 bits per heavy atom. The predicted octanol–water partition coefficient (Wildman–Crippen LogP) is 1.11. The van der Waals surface area contributed by atoms with Gasteiger partial charge < -0.3 is 9.67 Å². The van der Waals surface area contributed by atoms with E-state index in [4.69, 9.17) is 0 Å². The molecule has 0 aliphatic rings. The summed E-state index contributed by atoms with van der Waals surface area (Å²) in [5.41, 5.74) is -0.595. The lowest BCUT2D eigenvalue weighted by atomic mass is 9.97. The Morgan fingerprint density at radius 1 is 1.29 bits per heavy atom. The van der Waals surface area contributed by atoms with Gasteiger partial charge in [-0.15, -0.1) is 10.2 Å². The van der Waals surface area contributed by atoms with Crippen molar-refractivity contribution in [3.63, 3.8) is 0 Å². The Kier molecular flexibility index (Phi) is 4.65. The summed E-state index contributed by atoms with van der Waals surface area (Å²) in [6, 6.07) is 0. The van der Waals surface area contributed by atoms with E-state index in [1.807, 2.05) is 39.4 Å². The lowest BCUT2D eigenvalue weighted by molar-refractivity contribution is 0.000624. The van der Waals surface area contributed by atoms with Crippen LogP contribution in [0.5, 0.6) is 0 Å². The van der Waals surface area contributed by atoms with Gasteiger partial charge in [0.05, 0.1) is 12.1 Å². The molecule has 0 radical (unpaired) electrons. The fraction of sp³-hybridized carbons (Fsp3) is 0.833. The predicted molar refractivity (Wildman–Crippen MR) is 67.6 cm³/mol. The topological polar surface area (TPSA) is 54.2 Å². The average Bonchev–Trinajstić information content (AvgIpc) is 2.60. The first-order valence-electron chi connectivity index (χ1n) is 6.17. The normalized spacial score (nSPS) is 12.4. The van der Waals surface area contributed by atoms with Crippen LogP contribution in [0.1, 0.15) is 38.3 Å². The van der Waals surface area contributed by atoms with Crippen LogP contribution in [0.15, 0.2) is 0 Å². The second-order valence-electron chi connectivity index (χ2n) is 4.83. The number of hydrogen-bond acceptors (Lipinski definition) is 4. The highest BCUT2D eigenvalue weighted by Gasteiger charge is 2.24. The fourth-order valence-electron chi connectivity index (χ4n) is 1.86. The molecule has 1 N–H and O–H groups in total. The van der Waals surface area contributed by atoms with Crippen molar-refractivity contribution in [2.24, 2.45) is 7.05 Å². The average molecular weight is 240 g/mol. The van der Waals surface area contributed by atoms with Gasteiger partial charge in [-0.25, -0.2) is 0 Å². The van der Waals surface area contributed by atoms with Crippen molar-refractivity contribution < 1.29 is 5.11 Å². The largest absolute Gasteiger partial charge is 0.389 e. The van der Waals surface area contributed by atoms with Crippen molar-refractivity contribution in [2.45, 2.75) is 45.8 Å². The van der Waals surface area contributed by atoms with Gasteiger partial charge in [0.1, 0.15) is 11.6 Å². The van der Waals surface area contributed by atoms with E-state index in [1.54, 1.807) is 0 Å².